The van der Waals surface area contributed by atoms with Crippen LogP contribution < -0.4 is 15.0 Å². The molecule has 2 aromatic rings. The lowest BCUT2D eigenvalue weighted by atomic mass is 9.99. The van der Waals surface area contributed by atoms with Gasteiger partial charge in [0.15, 0.2) is 0 Å². The van der Waals surface area contributed by atoms with E-state index in [1.807, 2.05) is 57.2 Å². The Morgan fingerprint density at radius 1 is 1.15 bits per heavy atom. The Bertz CT molecular complexity index is 860. The highest BCUT2D eigenvalue weighted by molar-refractivity contribution is 6.07. The van der Waals surface area contributed by atoms with Crippen LogP contribution in [0.15, 0.2) is 36.4 Å². The van der Waals surface area contributed by atoms with Crippen LogP contribution in [-0.4, -0.2) is 25.0 Å². The van der Waals surface area contributed by atoms with Crippen molar-refractivity contribution in [3.05, 3.63) is 58.7 Å². The maximum atomic E-state index is 13.0. The number of hydrogen-bond acceptors (Lipinski definition) is 3. The molecule has 1 atom stereocenters. The molecule has 2 amide bonds. The van der Waals surface area contributed by atoms with Crippen LogP contribution >= 0.6 is 0 Å². The molecule has 1 aliphatic rings. The topological polar surface area (TPSA) is 58.6 Å². The highest BCUT2D eigenvalue weighted by Crippen LogP contribution is 2.40. The molecule has 1 heterocycles. The highest BCUT2D eigenvalue weighted by atomic mass is 16.5. The molecule has 5 nitrogen and oxygen atoms in total. The van der Waals surface area contributed by atoms with Gasteiger partial charge in [-0.15, -0.1) is 0 Å². The molecular weight excluding hydrogens is 328 g/mol. The Morgan fingerprint density at radius 3 is 2.58 bits per heavy atom. The van der Waals surface area contributed by atoms with E-state index in [1.165, 1.54) is 6.92 Å². The van der Waals surface area contributed by atoms with Gasteiger partial charge in [0, 0.05) is 12.5 Å². The Labute approximate surface area is 154 Å². The minimum Gasteiger partial charge on any atom is -0.492 e. The van der Waals surface area contributed by atoms with Crippen molar-refractivity contribution in [3.63, 3.8) is 0 Å². The number of benzene rings is 2. The third-order valence-corrected chi connectivity index (χ3v) is 4.63. The fourth-order valence-electron chi connectivity index (χ4n) is 3.45. The molecule has 0 aliphatic carbocycles. The minimum atomic E-state index is -0.624. The van der Waals surface area contributed by atoms with E-state index in [2.05, 4.69) is 5.32 Å². The predicted octanol–water partition coefficient (Wildman–Crippen LogP) is 3.21. The molecule has 0 aromatic heterocycles. The number of ether oxygens (including phenoxy) is 1. The molecule has 3 rings (SSSR count). The Balaban J connectivity index is 1.82. The van der Waals surface area contributed by atoms with Crippen molar-refractivity contribution in [3.8, 4) is 5.75 Å². The normalized spacial score (nSPS) is 15.8. The quantitative estimate of drug-likeness (QED) is 0.899. The first-order valence-corrected chi connectivity index (χ1v) is 8.76. The number of hydrogen-bond donors (Lipinski definition) is 1. The summed E-state index contributed by atoms with van der Waals surface area (Å²) in [6.07, 6.45) is 0. The summed E-state index contributed by atoms with van der Waals surface area (Å²) in [5.74, 6) is 0.463. The summed E-state index contributed by atoms with van der Waals surface area (Å²) in [6, 6.07) is 11.2. The van der Waals surface area contributed by atoms with Gasteiger partial charge < -0.3 is 15.0 Å². The summed E-state index contributed by atoms with van der Waals surface area (Å²) in [4.78, 5) is 26.3. The van der Waals surface area contributed by atoms with E-state index in [-0.39, 0.29) is 11.8 Å². The van der Waals surface area contributed by atoms with E-state index >= 15 is 0 Å². The van der Waals surface area contributed by atoms with Crippen LogP contribution in [0, 0.1) is 20.8 Å². The maximum Gasteiger partial charge on any atom is 0.254 e. The molecule has 136 valence electrons. The number of rotatable bonds is 5. The van der Waals surface area contributed by atoms with Gasteiger partial charge >= 0.3 is 0 Å². The van der Waals surface area contributed by atoms with Crippen molar-refractivity contribution >= 4 is 17.5 Å². The summed E-state index contributed by atoms with van der Waals surface area (Å²) in [7, 11) is 0. The second kappa shape index (κ2) is 7.20. The molecule has 2 aromatic carbocycles. The van der Waals surface area contributed by atoms with Crippen LogP contribution in [0.3, 0.4) is 0 Å². The maximum absolute atomic E-state index is 13.0. The van der Waals surface area contributed by atoms with Gasteiger partial charge in [-0.3, -0.25) is 9.59 Å². The van der Waals surface area contributed by atoms with E-state index in [4.69, 9.17) is 4.74 Å². The number of anilines is 1. The van der Waals surface area contributed by atoms with E-state index < -0.39 is 6.04 Å². The van der Waals surface area contributed by atoms with Crippen molar-refractivity contribution in [2.45, 2.75) is 33.7 Å². The van der Waals surface area contributed by atoms with Gasteiger partial charge in [-0.05, 0) is 49.6 Å². The molecule has 1 aliphatic heterocycles. The minimum absolute atomic E-state index is 0.111. The van der Waals surface area contributed by atoms with Gasteiger partial charge in [-0.2, -0.15) is 0 Å². The molecule has 0 saturated heterocycles. The second-order valence-corrected chi connectivity index (χ2v) is 6.75. The largest absolute Gasteiger partial charge is 0.492 e. The molecule has 1 unspecified atom stereocenters. The first kappa shape index (κ1) is 18.0. The molecule has 0 bridgehead atoms. The standard InChI is InChI=1S/C21H24N2O3/c1-13-6-5-7-17(12-13)26-11-10-23-20-15(3)9-8-14(2)18(20)19(21(23)25)22-16(4)24/h5-9,12,19H,10-11H2,1-4H3,(H,22,24). The zero-order chi connectivity index (χ0) is 18.8. The highest BCUT2D eigenvalue weighted by Gasteiger charge is 2.39. The van der Waals surface area contributed by atoms with Gasteiger partial charge in [0.2, 0.25) is 5.91 Å². The molecule has 0 fully saturated rings. The van der Waals surface area contributed by atoms with Crippen LogP contribution in [0.5, 0.6) is 5.75 Å². The van der Waals surface area contributed by atoms with Crippen molar-refractivity contribution in [2.75, 3.05) is 18.1 Å². The van der Waals surface area contributed by atoms with Crippen molar-refractivity contribution in [1.82, 2.24) is 5.32 Å². The number of fused-ring (bicyclic) bond motifs is 1. The monoisotopic (exact) mass is 352 g/mol. The number of nitrogens with zero attached hydrogens (tertiary/aromatic N) is 1. The molecule has 0 radical (unpaired) electrons. The Hall–Kier alpha value is -2.82. The van der Waals surface area contributed by atoms with Crippen molar-refractivity contribution in [2.24, 2.45) is 0 Å². The lowest BCUT2D eigenvalue weighted by molar-refractivity contribution is -0.126. The van der Waals surface area contributed by atoms with E-state index in [1.54, 1.807) is 4.90 Å². The smallest absolute Gasteiger partial charge is 0.254 e. The van der Waals surface area contributed by atoms with Gasteiger partial charge in [-0.1, -0.05) is 24.3 Å². The zero-order valence-electron chi connectivity index (χ0n) is 15.6. The van der Waals surface area contributed by atoms with Crippen LogP contribution in [-0.2, 0) is 9.59 Å². The molecular formula is C21H24N2O3. The molecule has 1 N–H and O–H groups in total. The van der Waals surface area contributed by atoms with E-state index in [0.29, 0.717) is 13.2 Å². The summed E-state index contributed by atoms with van der Waals surface area (Å²) in [5.41, 5.74) is 4.92. The number of aryl methyl sites for hydroxylation is 3. The lowest BCUT2D eigenvalue weighted by Crippen LogP contribution is -2.38. The molecule has 0 spiro atoms. The van der Waals surface area contributed by atoms with E-state index in [0.717, 1.165) is 33.7 Å². The SMILES string of the molecule is CC(=O)NC1C(=O)N(CCOc2cccc(C)c2)c2c(C)ccc(C)c21. The van der Waals surface area contributed by atoms with Gasteiger partial charge in [0.25, 0.3) is 5.91 Å². The van der Waals surface area contributed by atoms with E-state index in [9.17, 15) is 9.59 Å². The van der Waals surface area contributed by atoms with Crippen LogP contribution in [0.25, 0.3) is 0 Å². The predicted molar refractivity (Wildman–Crippen MR) is 102 cm³/mol. The molecule has 5 heteroatoms. The third-order valence-electron chi connectivity index (χ3n) is 4.63. The average Bonchev–Trinajstić information content (AvgIpc) is 2.85. The van der Waals surface area contributed by atoms with Gasteiger partial charge in [0.1, 0.15) is 18.4 Å². The number of carbonyl (C=O) groups is 2. The second-order valence-electron chi connectivity index (χ2n) is 6.75. The molecule has 26 heavy (non-hydrogen) atoms. The fraction of sp³-hybridized carbons (Fsp3) is 0.333. The van der Waals surface area contributed by atoms with Gasteiger partial charge in [-0.25, -0.2) is 0 Å². The van der Waals surface area contributed by atoms with Crippen LogP contribution in [0.4, 0.5) is 5.69 Å². The van der Waals surface area contributed by atoms with Crippen LogP contribution in [0.2, 0.25) is 0 Å². The number of amides is 2. The third kappa shape index (κ3) is 3.43. The Kier molecular flexibility index (Phi) is 4.98. The Morgan fingerprint density at radius 2 is 1.88 bits per heavy atom. The lowest BCUT2D eigenvalue weighted by Gasteiger charge is -2.20. The zero-order valence-corrected chi connectivity index (χ0v) is 15.6. The fourth-order valence-corrected chi connectivity index (χ4v) is 3.45. The van der Waals surface area contributed by atoms with Crippen molar-refractivity contribution < 1.29 is 14.3 Å². The van der Waals surface area contributed by atoms with Crippen molar-refractivity contribution in [1.29, 1.82) is 0 Å². The number of nitrogens with one attached hydrogen (secondary N) is 1. The van der Waals surface area contributed by atoms with Gasteiger partial charge in [0.05, 0.1) is 12.2 Å². The summed E-state index contributed by atoms with van der Waals surface area (Å²) in [6.45, 7) is 8.21. The first-order chi connectivity index (χ1) is 12.4. The van der Waals surface area contributed by atoms with Crippen LogP contribution in [0.1, 0.15) is 35.2 Å². The average molecular weight is 352 g/mol. The summed E-state index contributed by atoms with van der Waals surface area (Å²) in [5, 5.41) is 2.79. The summed E-state index contributed by atoms with van der Waals surface area (Å²) < 4.78 is 5.82. The first-order valence-electron chi connectivity index (χ1n) is 8.76. The molecule has 0 saturated carbocycles. The number of carbonyl (C=O) groups excluding carboxylic acids is 2. The summed E-state index contributed by atoms with van der Waals surface area (Å²) >= 11 is 0.